The number of halogens is 1. The van der Waals surface area contributed by atoms with Gasteiger partial charge < -0.3 is 25.8 Å². The lowest BCUT2D eigenvalue weighted by molar-refractivity contribution is 0.0999. The van der Waals surface area contributed by atoms with Crippen LogP contribution in [0, 0.1) is 0 Å². The molecular formula is C25H37ClN4O6S2. The quantitative estimate of drug-likeness (QED) is 0.366. The molecule has 38 heavy (non-hydrogen) atoms. The predicted molar refractivity (Wildman–Crippen MR) is 151 cm³/mol. The van der Waals surface area contributed by atoms with Crippen LogP contribution in [0.25, 0.3) is 0 Å². The van der Waals surface area contributed by atoms with E-state index >= 15 is 0 Å². The SMILES string of the molecule is COCCN(CCOC)S(=O)(=O)c1ccc(C(=O)Nc2sc3c(c2C(N)=O)CC(C)(C)NC3(C)C)cc1.Cl. The van der Waals surface area contributed by atoms with Crippen molar-refractivity contribution in [2.75, 3.05) is 45.8 Å². The molecule has 2 aromatic rings. The third-order valence-electron chi connectivity index (χ3n) is 6.16. The fourth-order valence-corrected chi connectivity index (χ4v) is 7.40. The van der Waals surface area contributed by atoms with Crippen molar-refractivity contribution in [3.63, 3.8) is 0 Å². The number of rotatable bonds is 11. The Bertz CT molecular complexity index is 1250. The van der Waals surface area contributed by atoms with Gasteiger partial charge in [0.15, 0.2) is 0 Å². The van der Waals surface area contributed by atoms with Gasteiger partial charge in [0.1, 0.15) is 5.00 Å². The number of nitrogens with zero attached hydrogens (tertiary/aromatic N) is 1. The molecule has 0 saturated heterocycles. The Morgan fingerprint density at radius 1 is 1.08 bits per heavy atom. The molecule has 0 bridgehead atoms. The monoisotopic (exact) mass is 588 g/mol. The summed E-state index contributed by atoms with van der Waals surface area (Å²) in [4.78, 5) is 26.5. The molecule has 0 atom stereocenters. The number of anilines is 1. The van der Waals surface area contributed by atoms with Gasteiger partial charge in [0.05, 0.1) is 23.7 Å². The first-order valence-electron chi connectivity index (χ1n) is 11.9. The van der Waals surface area contributed by atoms with Crippen LogP contribution in [-0.4, -0.2) is 70.6 Å². The summed E-state index contributed by atoms with van der Waals surface area (Å²) in [5.74, 6) is -1.07. The highest BCUT2D eigenvalue weighted by atomic mass is 35.5. The van der Waals surface area contributed by atoms with Gasteiger partial charge in [0, 0.05) is 48.8 Å². The summed E-state index contributed by atoms with van der Waals surface area (Å²) in [6.07, 6.45) is 0.589. The fraction of sp³-hybridized carbons (Fsp3) is 0.520. The lowest BCUT2D eigenvalue weighted by Gasteiger charge is -2.42. The molecular weight excluding hydrogens is 552 g/mol. The predicted octanol–water partition coefficient (Wildman–Crippen LogP) is 2.96. The van der Waals surface area contributed by atoms with E-state index in [4.69, 9.17) is 15.2 Å². The molecule has 0 fully saturated rings. The molecule has 1 aromatic carbocycles. The van der Waals surface area contributed by atoms with Gasteiger partial charge in [0.25, 0.3) is 11.8 Å². The third-order valence-corrected chi connectivity index (χ3v) is 9.55. The first kappa shape index (κ1) is 32.2. The molecule has 0 saturated carbocycles. The number of ether oxygens (including phenoxy) is 2. The first-order valence-corrected chi connectivity index (χ1v) is 14.1. The molecule has 1 aliphatic rings. The van der Waals surface area contributed by atoms with E-state index in [9.17, 15) is 18.0 Å². The standard InChI is InChI=1S/C25H36N4O6S2.ClH/c1-24(2)15-18-19(21(26)30)23(36-20(18)25(3,4)28-24)27-22(31)16-7-9-17(10-8-16)37(32,33)29(11-13-34-5)12-14-35-6;/h7-10,28H,11-15H2,1-6H3,(H2,26,30)(H,27,31);1H. The number of sulfonamides is 1. The number of nitrogens with two attached hydrogens (primary N) is 1. The highest BCUT2D eigenvalue weighted by Crippen LogP contribution is 2.45. The maximum atomic E-state index is 13.1. The van der Waals surface area contributed by atoms with Crippen molar-refractivity contribution in [2.24, 2.45) is 5.73 Å². The molecule has 1 aliphatic heterocycles. The van der Waals surface area contributed by atoms with E-state index in [2.05, 4.69) is 24.5 Å². The number of benzene rings is 1. The summed E-state index contributed by atoms with van der Waals surface area (Å²) in [6.45, 7) is 8.98. The molecule has 0 radical (unpaired) electrons. The lowest BCUT2D eigenvalue weighted by Crippen LogP contribution is -2.55. The molecule has 10 nitrogen and oxygen atoms in total. The number of hydrogen-bond acceptors (Lipinski definition) is 8. The highest BCUT2D eigenvalue weighted by molar-refractivity contribution is 7.89. The van der Waals surface area contributed by atoms with Gasteiger partial charge in [-0.25, -0.2) is 8.42 Å². The van der Waals surface area contributed by atoms with Crippen LogP contribution in [-0.2, 0) is 31.5 Å². The van der Waals surface area contributed by atoms with E-state index in [0.29, 0.717) is 17.0 Å². The summed E-state index contributed by atoms with van der Waals surface area (Å²) in [6, 6.07) is 5.67. The number of carbonyl (C=O) groups is 2. The van der Waals surface area contributed by atoms with Crippen molar-refractivity contribution in [3.8, 4) is 0 Å². The minimum absolute atomic E-state index is 0. The maximum Gasteiger partial charge on any atom is 0.256 e. The summed E-state index contributed by atoms with van der Waals surface area (Å²) < 4.78 is 37.6. The number of nitrogens with one attached hydrogen (secondary N) is 2. The average Bonchev–Trinajstić information content (AvgIpc) is 3.16. The molecule has 0 unspecified atom stereocenters. The Kier molecular flexibility index (Phi) is 10.5. The molecule has 4 N–H and O–H groups in total. The van der Waals surface area contributed by atoms with E-state index in [1.165, 1.54) is 54.1 Å². The Morgan fingerprint density at radius 2 is 1.63 bits per heavy atom. The van der Waals surface area contributed by atoms with Crippen molar-refractivity contribution in [3.05, 3.63) is 45.8 Å². The molecule has 2 amide bonds. The molecule has 0 aliphatic carbocycles. The van der Waals surface area contributed by atoms with E-state index in [1.54, 1.807) is 0 Å². The molecule has 2 heterocycles. The lowest BCUT2D eigenvalue weighted by atomic mass is 9.81. The summed E-state index contributed by atoms with van der Waals surface area (Å²) in [5, 5.41) is 6.79. The number of amides is 2. The smallest absolute Gasteiger partial charge is 0.256 e. The second-order valence-corrected chi connectivity index (χ2v) is 13.1. The fourth-order valence-electron chi connectivity index (χ4n) is 4.72. The zero-order valence-electron chi connectivity index (χ0n) is 22.5. The number of carbonyl (C=O) groups excluding carboxylic acids is 2. The van der Waals surface area contributed by atoms with Crippen LogP contribution in [0.1, 0.15) is 58.9 Å². The maximum absolute atomic E-state index is 13.1. The molecule has 0 spiro atoms. The average molecular weight is 589 g/mol. The van der Waals surface area contributed by atoms with E-state index in [-0.39, 0.29) is 54.7 Å². The number of fused-ring (bicyclic) bond motifs is 1. The van der Waals surface area contributed by atoms with Crippen molar-refractivity contribution >= 4 is 50.6 Å². The summed E-state index contributed by atoms with van der Waals surface area (Å²) in [7, 11) is -0.814. The van der Waals surface area contributed by atoms with Crippen molar-refractivity contribution < 1.29 is 27.5 Å². The summed E-state index contributed by atoms with van der Waals surface area (Å²) in [5.41, 5.74) is 6.49. The number of primary amides is 1. The zero-order valence-corrected chi connectivity index (χ0v) is 25.0. The van der Waals surface area contributed by atoms with E-state index in [1.807, 2.05) is 13.8 Å². The van der Waals surface area contributed by atoms with Crippen LogP contribution in [0.2, 0.25) is 0 Å². The van der Waals surface area contributed by atoms with Gasteiger partial charge >= 0.3 is 0 Å². The van der Waals surface area contributed by atoms with Crippen molar-refractivity contribution in [1.82, 2.24) is 9.62 Å². The van der Waals surface area contributed by atoms with Crippen LogP contribution in [0.3, 0.4) is 0 Å². The van der Waals surface area contributed by atoms with Crippen LogP contribution in [0.15, 0.2) is 29.2 Å². The summed E-state index contributed by atoms with van der Waals surface area (Å²) >= 11 is 1.33. The van der Waals surface area contributed by atoms with Gasteiger partial charge in [-0.3, -0.25) is 9.59 Å². The topological polar surface area (TPSA) is 140 Å². The van der Waals surface area contributed by atoms with Crippen LogP contribution in [0.4, 0.5) is 5.00 Å². The minimum Gasteiger partial charge on any atom is -0.383 e. The highest BCUT2D eigenvalue weighted by Gasteiger charge is 2.41. The first-order chi connectivity index (χ1) is 17.2. The van der Waals surface area contributed by atoms with Crippen LogP contribution < -0.4 is 16.4 Å². The van der Waals surface area contributed by atoms with Crippen LogP contribution >= 0.6 is 23.7 Å². The second kappa shape index (κ2) is 12.4. The Balaban J connectivity index is 0.00000507. The Labute approximate surface area is 234 Å². The number of thiophene rings is 1. The van der Waals surface area contributed by atoms with E-state index < -0.39 is 27.4 Å². The van der Waals surface area contributed by atoms with Crippen LogP contribution in [0.5, 0.6) is 0 Å². The molecule has 3 rings (SSSR count). The number of hydrogen-bond donors (Lipinski definition) is 3. The van der Waals surface area contributed by atoms with E-state index in [0.717, 1.165) is 10.4 Å². The largest absolute Gasteiger partial charge is 0.383 e. The van der Waals surface area contributed by atoms with Gasteiger partial charge in [0.2, 0.25) is 10.0 Å². The van der Waals surface area contributed by atoms with Gasteiger partial charge in [-0.05, 0) is 63.9 Å². The van der Waals surface area contributed by atoms with Gasteiger partial charge in [-0.15, -0.1) is 23.7 Å². The number of methoxy groups -OCH3 is 2. The van der Waals surface area contributed by atoms with Gasteiger partial charge in [-0.2, -0.15) is 4.31 Å². The van der Waals surface area contributed by atoms with Crippen molar-refractivity contribution in [2.45, 2.75) is 50.1 Å². The zero-order chi connectivity index (χ0) is 27.6. The third kappa shape index (κ3) is 6.92. The minimum atomic E-state index is -3.82. The molecule has 212 valence electrons. The molecule has 13 heteroatoms. The normalized spacial score (nSPS) is 16.0. The van der Waals surface area contributed by atoms with Crippen molar-refractivity contribution in [1.29, 1.82) is 0 Å². The Morgan fingerprint density at radius 3 is 2.13 bits per heavy atom. The van der Waals surface area contributed by atoms with Gasteiger partial charge in [-0.1, -0.05) is 0 Å². The Hall–Kier alpha value is -2.06. The molecule has 1 aromatic heterocycles. The second-order valence-electron chi connectivity index (χ2n) is 10.2.